The van der Waals surface area contributed by atoms with Gasteiger partial charge in [0.05, 0.1) is 25.8 Å². The lowest BCUT2D eigenvalue weighted by atomic mass is 9.85. The highest BCUT2D eigenvalue weighted by atomic mass is 35.5. The van der Waals surface area contributed by atoms with Gasteiger partial charge in [-0.25, -0.2) is 9.18 Å². The van der Waals surface area contributed by atoms with E-state index in [0.29, 0.717) is 29.0 Å². The van der Waals surface area contributed by atoms with Crippen molar-refractivity contribution in [1.29, 1.82) is 5.41 Å². The molecule has 1 aliphatic heterocycles. The van der Waals surface area contributed by atoms with Crippen molar-refractivity contribution >= 4 is 30.0 Å². The molecule has 8 nitrogen and oxygen atoms in total. The highest BCUT2D eigenvalue weighted by Gasteiger charge is 2.33. The Balaban J connectivity index is 0.00000432. The van der Waals surface area contributed by atoms with Gasteiger partial charge in [-0.1, -0.05) is 20.8 Å². The van der Waals surface area contributed by atoms with E-state index in [-0.39, 0.29) is 54.2 Å². The van der Waals surface area contributed by atoms with E-state index in [0.717, 1.165) is 0 Å². The number of hydrogen-bond donors (Lipinski definition) is 2. The second-order valence-electron chi connectivity index (χ2n) is 8.96. The minimum absolute atomic E-state index is 0. The zero-order valence-electron chi connectivity index (χ0n) is 20.4. The van der Waals surface area contributed by atoms with Gasteiger partial charge in [0.15, 0.2) is 29.7 Å². The summed E-state index contributed by atoms with van der Waals surface area (Å²) >= 11 is 0. The number of halogens is 2. The predicted octanol–water partition coefficient (Wildman–Crippen LogP) is 4.44. The molecule has 2 N–H and O–H groups in total. The van der Waals surface area contributed by atoms with Crippen molar-refractivity contribution in [3.8, 4) is 17.2 Å². The summed E-state index contributed by atoms with van der Waals surface area (Å²) in [4.78, 5) is 25.5. The Kier molecular flexibility index (Phi) is 8.73. The Morgan fingerprint density at radius 1 is 1.17 bits per heavy atom. The molecule has 0 radical (unpaired) electrons. The molecular weight excluding hydrogens is 479 g/mol. The maximum absolute atomic E-state index is 15.1. The standard InChI is InChI=1S/C25H29FN2O6.ClH/c1-6-33-19-10-15-11-28(24(27)21(15)22(26)23(19)32-5)12-17(29)14-7-8-18(34-13-20(30)31)16(9-14)25(2,3)4;/h7-10,27H,6,11-13H2,1-5H3,(H,30,31);1H. The number of ether oxygens (including phenoxy) is 3. The van der Waals surface area contributed by atoms with Crippen LogP contribution in [-0.2, 0) is 16.8 Å². The summed E-state index contributed by atoms with van der Waals surface area (Å²) in [5, 5.41) is 17.4. The van der Waals surface area contributed by atoms with Crippen LogP contribution in [-0.4, -0.2) is 54.5 Å². The molecule has 0 spiro atoms. The van der Waals surface area contributed by atoms with Gasteiger partial charge in [-0.3, -0.25) is 10.2 Å². The Labute approximate surface area is 209 Å². The van der Waals surface area contributed by atoms with Crippen LogP contribution in [0.4, 0.5) is 4.39 Å². The van der Waals surface area contributed by atoms with Crippen molar-refractivity contribution in [1.82, 2.24) is 4.90 Å². The van der Waals surface area contributed by atoms with Crippen LogP contribution in [0.1, 0.15) is 54.7 Å². The number of nitrogens with zero attached hydrogens (tertiary/aromatic N) is 1. The molecule has 10 heteroatoms. The Bertz CT molecular complexity index is 1150. The van der Waals surface area contributed by atoms with Crippen molar-refractivity contribution in [2.24, 2.45) is 0 Å². The number of methoxy groups -OCH3 is 1. The average Bonchev–Trinajstić information content (AvgIpc) is 3.07. The lowest BCUT2D eigenvalue weighted by Crippen LogP contribution is -2.30. The summed E-state index contributed by atoms with van der Waals surface area (Å²) in [6.45, 7) is 7.48. The summed E-state index contributed by atoms with van der Waals surface area (Å²) in [5.41, 5.74) is 1.32. The van der Waals surface area contributed by atoms with E-state index in [1.165, 1.54) is 12.0 Å². The van der Waals surface area contributed by atoms with Gasteiger partial charge in [0.1, 0.15) is 11.6 Å². The lowest BCUT2D eigenvalue weighted by Gasteiger charge is -2.24. The van der Waals surface area contributed by atoms with Crippen molar-refractivity contribution in [2.75, 3.05) is 26.9 Å². The summed E-state index contributed by atoms with van der Waals surface area (Å²) in [7, 11) is 1.34. The number of nitrogens with one attached hydrogen (secondary N) is 1. The lowest BCUT2D eigenvalue weighted by molar-refractivity contribution is -0.139. The number of Topliss-reactive ketones (excluding diaryl/α,β-unsaturated/α-hetero) is 1. The fraction of sp³-hybridized carbons (Fsp3) is 0.400. The first-order valence-electron chi connectivity index (χ1n) is 10.9. The molecule has 0 saturated heterocycles. The van der Waals surface area contributed by atoms with Gasteiger partial charge in [0.25, 0.3) is 0 Å². The predicted molar refractivity (Wildman–Crippen MR) is 131 cm³/mol. The number of rotatable bonds is 9. The minimum atomic E-state index is -1.09. The maximum atomic E-state index is 15.1. The monoisotopic (exact) mass is 508 g/mol. The molecule has 0 bridgehead atoms. The SMILES string of the molecule is CCOc1cc2c(c(F)c1OC)C(=N)N(CC(=O)c1ccc(OCC(=O)O)c(C(C)(C)C)c1)C2.Cl. The third-order valence-corrected chi connectivity index (χ3v) is 5.48. The highest BCUT2D eigenvalue weighted by Crippen LogP contribution is 2.39. The van der Waals surface area contributed by atoms with E-state index in [9.17, 15) is 9.59 Å². The van der Waals surface area contributed by atoms with Gasteiger partial charge in [0.2, 0.25) is 0 Å². The first-order valence-corrected chi connectivity index (χ1v) is 10.9. The summed E-state index contributed by atoms with van der Waals surface area (Å²) in [5.74, 6) is -1.54. The third kappa shape index (κ3) is 5.85. The van der Waals surface area contributed by atoms with Crippen LogP contribution in [0.25, 0.3) is 0 Å². The number of amidine groups is 1. The first-order chi connectivity index (χ1) is 16.0. The van der Waals surface area contributed by atoms with Crippen molar-refractivity contribution in [3.63, 3.8) is 0 Å². The average molecular weight is 509 g/mol. The third-order valence-electron chi connectivity index (χ3n) is 5.48. The van der Waals surface area contributed by atoms with E-state index in [2.05, 4.69) is 0 Å². The number of benzene rings is 2. The Morgan fingerprint density at radius 2 is 1.86 bits per heavy atom. The fourth-order valence-electron chi connectivity index (χ4n) is 3.89. The Morgan fingerprint density at radius 3 is 2.43 bits per heavy atom. The second kappa shape index (κ2) is 10.9. The molecule has 1 aliphatic rings. The van der Waals surface area contributed by atoms with Crippen molar-refractivity contribution in [3.05, 3.63) is 52.3 Å². The van der Waals surface area contributed by atoms with Gasteiger partial charge in [-0.15, -0.1) is 12.4 Å². The van der Waals surface area contributed by atoms with Crippen molar-refractivity contribution < 1.29 is 33.3 Å². The molecule has 2 aromatic carbocycles. The van der Waals surface area contributed by atoms with Crippen LogP contribution in [0.5, 0.6) is 17.2 Å². The minimum Gasteiger partial charge on any atom is -0.490 e. The number of carbonyl (C=O) groups is 2. The van der Waals surface area contributed by atoms with E-state index in [4.69, 9.17) is 24.7 Å². The molecule has 2 aromatic rings. The fourth-order valence-corrected chi connectivity index (χ4v) is 3.89. The van der Waals surface area contributed by atoms with Crippen LogP contribution in [0.2, 0.25) is 0 Å². The number of hydrogen-bond acceptors (Lipinski definition) is 6. The quantitative estimate of drug-likeness (QED) is 0.482. The van der Waals surface area contributed by atoms with Gasteiger partial charge in [-0.05, 0) is 42.2 Å². The van der Waals surface area contributed by atoms with Crippen LogP contribution in [0.3, 0.4) is 0 Å². The topological polar surface area (TPSA) is 109 Å². The smallest absolute Gasteiger partial charge is 0.341 e. The van der Waals surface area contributed by atoms with E-state index >= 15 is 4.39 Å². The zero-order chi connectivity index (χ0) is 25.2. The van der Waals surface area contributed by atoms with Gasteiger partial charge < -0.3 is 24.2 Å². The largest absolute Gasteiger partial charge is 0.490 e. The summed E-state index contributed by atoms with van der Waals surface area (Å²) in [6.07, 6.45) is 0. The summed E-state index contributed by atoms with van der Waals surface area (Å²) in [6, 6.07) is 6.48. The normalized spacial score (nSPS) is 12.6. The molecule has 0 aliphatic carbocycles. The molecule has 0 saturated carbocycles. The molecule has 35 heavy (non-hydrogen) atoms. The van der Waals surface area contributed by atoms with Crippen molar-refractivity contribution in [2.45, 2.75) is 39.7 Å². The first kappa shape index (κ1) is 27.9. The molecule has 0 atom stereocenters. The van der Waals surface area contributed by atoms with E-state index in [1.54, 1.807) is 31.2 Å². The number of aliphatic carboxylic acids is 1. The molecule has 190 valence electrons. The van der Waals surface area contributed by atoms with E-state index in [1.807, 2.05) is 20.8 Å². The van der Waals surface area contributed by atoms with Crippen LogP contribution >= 0.6 is 12.4 Å². The molecule has 0 fully saturated rings. The number of carboxylic acids is 1. The summed E-state index contributed by atoms with van der Waals surface area (Å²) < 4.78 is 31.1. The number of ketones is 1. The maximum Gasteiger partial charge on any atom is 0.341 e. The molecule has 0 aromatic heterocycles. The van der Waals surface area contributed by atoms with E-state index < -0.39 is 23.8 Å². The number of carbonyl (C=O) groups excluding carboxylic acids is 1. The molecule has 0 unspecified atom stereocenters. The molecular formula is C25H30ClFN2O6. The second-order valence-corrected chi connectivity index (χ2v) is 8.96. The Hall–Kier alpha value is -3.33. The van der Waals surface area contributed by atoms with Gasteiger partial charge in [0, 0.05) is 17.7 Å². The van der Waals surface area contributed by atoms with Crippen LogP contribution in [0.15, 0.2) is 24.3 Å². The number of fused-ring (bicyclic) bond motifs is 1. The zero-order valence-corrected chi connectivity index (χ0v) is 21.2. The molecule has 1 heterocycles. The highest BCUT2D eigenvalue weighted by molar-refractivity contribution is 6.06. The van der Waals surface area contributed by atoms with Gasteiger partial charge >= 0.3 is 5.97 Å². The van der Waals surface area contributed by atoms with Crippen LogP contribution in [0, 0.1) is 11.2 Å². The van der Waals surface area contributed by atoms with Crippen LogP contribution < -0.4 is 14.2 Å². The molecule has 0 amide bonds. The molecule has 3 rings (SSSR count). The van der Waals surface area contributed by atoms with Gasteiger partial charge in [-0.2, -0.15) is 0 Å². The number of carboxylic acid groups (broad SMARTS) is 1.